The maximum atomic E-state index is 11.9. The van der Waals surface area contributed by atoms with Crippen molar-refractivity contribution in [3.05, 3.63) is 18.2 Å². The fourth-order valence-corrected chi connectivity index (χ4v) is 2.61. The van der Waals surface area contributed by atoms with Crippen LogP contribution >= 0.6 is 0 Å². The summed E-state index contributed by atoms with van der Waals surface area (Å²) in [5.41, 5.74) is 1.04. The first kappa shape index (κ1) is 15.0. The van der Waals surface area contributed by atoms with Crippen molar-refractivity contribution in [3.63, 3.8) is 0 Å². The number of carbonyl (C=O) groups excluding carboxylic acids is 1. The quantitative estimate of drug-likeness (QED) is 0.885. The van der Waals surface area contributed by atoms with E-state index in [1.54, 1.807) is 0 Å². The van der Waals surface area contributed by atoms with Crippen molar-refractivity contribution in [1.29, 1.82) is 0 Å². The molecule has 2 heterocycles. The molecule has 1 aliphatic heterocycles. The molecule has 5 heteroatoms. The van der Waals surface area contributed by atoms with Crippen molar-refractivity contribution >= 4 is 5.91 Å². The molecule has 112 valence electrons. The number of nitrogens with one attached hydrogen (secondary N) is 2. The van der Waals surface area contributed by atoms with E-state index in [2.05, 4.69) is 20.2 Å². The molecule has 2 rings (SSSR count). The molecule has 20 heavy (non-hydrogen) atoms. The summed E-state index contributed by atoms with van der Waals surface area (Å²) in [4.78, 5) is 16.1. The van der Waals surface area contributed by atoms with Gasteiger partial charge in [-0.25, -0.2) is 4.98 Å². The zero-order chi connectivity index (χ0) is 14.6. The number of aryl methyl sites for hydroxylation is 1. The highest BCUT2D eigenvalue weighted by Gasteiger charge is 2.19. The predicted octanol–water partition coefficient (Wildman–Crippen LogP) is 2.00. The van der Waals surface area contributed by atoms with Gasteiger partial charge in [0.15, 0.2) is 0 Å². The maximum Gasteiger partial charge on any atom is 0.222 e. The molecule has 0 aliphatic carbocycles. The highest BCUT2D eigenvalue weighted by molar-refractivity contribution is 5.76. The standard InChI is InChI=1S/C15H26N4O/c1-15(2,3)18-14(20)7-9-19-11-16-10-13(19)12-6-4-5-8-17-12/h10-12,17H,4-9H2,1-3H3,(H,18,20). The summed E-state index contributed by atoms with van der Waals surface area (Å²) in [6.45, 7) is 7.76. The SMILES string of the molecule is CC(C)(C)NC(=O)CCn1cncc1C1CCCCN1. The molecule has 1 saturated heterocycles. The highest BCUT2D eigenvalue weighted by Crippen LogP contribution is 2.22. The summed E-state index contributed by atoms with van der Waals surface area (Å²) < 4.78 is 2.10. The van der Waals surface area contributed by atoms with Gasteiger partial charge in [-0.15, -0.1) is 0 Å². The summed E-state index contributed by atoms with van der Waals surface area (Å²) >= 11 is 0. The second-order valence-corrected chi connectivity index (χ2v) is 6.56. The van der Waals surface area contributed by atoms with Crippen molar-refractivity contribution in [2.24, 2.45) is 0 Å². The average molecular weight is 278 g/mol. The molecule has 1 unspecified atom stereocenters. The van der Waals surface area contributed by atoms with E-state index < -0.39 is 0 Å². The Balaban J connectivity index is 1.90. The number of piperidine rings is 1. The molecule has 2 N–H and O–H groups in total. The second kappa shape index (κ2) is 6.39. The van der Waals surface area contributed by atoms with Crippen LogP contribution in [0.5, 0.6) is 0 Å². The summed E-state index contributed by atoms with van der Waals surface area (Å²) in [6, 6.07) is 0.386. The largest absolute Gasteiger partial charge is 0.351 e. The van der Waals surface area contributed by atoms with E-state index in [9.17, 15) is 4.79 Å². The van der Waals surface area contributed by atoms with E-state index in [0.717, 1.165) is 13.0 Å². The van der Waals surface area contributed by atoms with Crippen molar-refractivity contribution in [2.45, 2.75) is 64.6 Å². The van der Waals surface area contributed by atoms with Crippen LogP contribution in [0.15, 0.2) is 12.5 Å². The van der Waals surface area contributed by atoms with Gasteiger partial charge < -0.3 is 15.2 Å². The Labute approximate surface area is 121 Å². The Morgan fingerprint density at radius 3 is 2.95 bits per heavy atom. The molecule has 1 aromatic rings. The predicted molar refractivity (Wildman–Crippen MR) is 79.3 cm³/mol. The third-order valence-corrected chi connectivity index (χ3v) is 3.51. The minimum atomic E-state index is -0.167. The van der Waals surface area contributed by atoms with Gasteiger partial charge in [0.05, 0.1) is 12.0 Å². The van der Waals surface area contributed by atoms with Gasteiger partial charge in [-0.3, -0.25) is 4.79 Å². The number of carbonyl (C=O) groups is 1. The smallest absolute Gasteiger partial charge is 0.222 e. The Bertz CT molecular complexity index is 441. The first-order valence-electron chi connectivity index (χ1n) is 7.50. The Kier molecular flexibility index (Phi) is 4.81. The molecule has 0 bridgehead atoms. The first-order chi connectivity index (χ1) is 9.46. The van der Waals surface area contributed by atoms with Gasteiger partial charge in [-0.2, -0.15) is 0 Å². The van der Waals surface area contributed by atoms with Gasteiger partial charge >= 0.3 is 0 Å². The fourth-order valence-electron chi connectivity index (χ4n) is 2.61. The normalized spacial score (nSPS) is 19.9. The van der Waals surface area contributed by atoms with Crippen molar-refractivity contribution in [2.75, 3.05) is 6.54 Å². The lowest BCUT2D eigenvalue weighted by Gasteiger charge is -2.25. The van der Waals surface area contributed by atoms with E-state index in [1.165, 1.54) is 18.5 Å². The lowest BCUT2D eigenvalue weighted by Crippen LogP contribution is -2.41. The molecule has 0 radical (unpaired) electrons. The summed E-state index contributed by atoms with van der Waals surface area (Å²) in [5, 5.41) is 6.52. The molecule has 0 aromatic carbocycles. The molecular weight excluding hydrogens is 252 g/mol. The van der Waals surface area contributed by atoms with Crippen LogP contribution in [0.1, 0.15) is 58.2 Å². The van der Waals surface area contributed by atoms with Gasteiger partial charge in [0.2, 0.25) is 5.91 Å². The monoisotopic (exact) mass is 278 g/mol. The molecule has 0 spiro atoms. The van der Waals surface area contributed by atoms with Gasteiger partial charge in [0.25, 0.3) is 0 Å². The van der Waals surface area contributed by atoms with Crippen LogP contribution < -0.4 is 10.6 Å². The lowest BCUT2D eigenvalue weighted by atomic mass is 10.0. The van der Waals surface area contributed by atoms with Crippen LogP contribution in [-0.4, -0.2) is 27.5 Å². The molecule has 1 aromatic heterocycles. The van der Waals surface area contributed by atoms with E-state index >= 15 is 0 Å². The number of hydrogen-bond donors (Lipinski definition) is 2. The maximum absolute atomic E-state index is 11.9. The number of rotatable bonds is 4. The minimum Gasteiger partial charge on any atom is -0.351 e. The van der Waals surface area contributed by atoms with Crippen LogP contribution in [0, 0.1) is 0 Å². The van der Waals surface area contributed by atoms with Crippen molar-refractivity contribution in [1.82, 2.24) is 20.2 Å². The van der Waals surface area contributed by atoms with Crippen LogP contribution in [0.25, 0.3) is 0 Å². The Morgan fingerprint density at radius 1 is 1.50 bits per heavy atom. The number of nitrogens with zero attached hydrogens (tertiary/aromatic N) is 2. The topological polar surface area (TPSA) is 59.0 Å². The Hall–Kier alpha value is -1.36. The fraction of sp³-hybridized carbons (Fsp3) is 0.733. The van der Waals surface area contributed by atoms with E-state index in [0.29, 0.717) is 19.0 Å². The zero-order valence-electron chi connectivity index (χ0n) is 12.8. The zero-order valence-corrected chi connectivity index (χ0v) is 12.8. The Morgan fingerprint density at radius 2 is 2.30 bits per heavy atom. The molecule has 5 nitrogen and oxygen atoms in total. The number of aromatic nitrogens is 2. The molecule has 1 fully saturated rings. The molecular formula is C15H26N4O. The van der Waals surface area contributed by atoms with Crippen LogP contribution in [0.2, 0.25) is 0 Å². The number of amides is 1. The third-order valence-electron chi connectivity index (χ3n) is 3.51. The van der Waals surface area contributed by atoms with Crippen molar-refractivity contribution in [3.8, 4) is 0 Å². The highest BCUT2D eigenvalue weighted by atomic mass is 16.1. The van der Waals surface area contributed by atoms with Gasteiger partial charge in [-0.05, 0) is 40.2 Å². The van der Waals surface area contributed by atoms with Crippen LogP contribution in [0.3, 0.4) is 0 Å². The average Bonchev–Trinajstić information content (AvgIpc) is 2.83. The minimum absolute atomic E-state index is 0.0914. The molecule has 1 amide bonds. The third kappa shape index (κ3) is 4.34. The van der Waals surface area contributed by atoms with E-state index in [4.69, 9.17) is 0 Å². The van der Waals surface area contributed by atoms with Crippen LogP contribution in [-0.2, 0) is 11.3 Å². The van der Waals surface area contributed by atoms with Crippen molar-refractivity contribution < 1.29 is 4.79 Å². The molecule has 1 atom stereocenters. The number of hydrogen-bond acceptors (Lipinski definition) is 3. The number of imidazole rings is 1. The second-order valence-electron chi connectivity index (χ2n) is 6.56. The molecule has 1 aliphatic rings. The summed E-state index contributed by atoms with van der Waals surface area (Å²) in [7, 11) is 0. The van der Waals surface area contributed by atoms with Gasteiger partial charge in [0.1, 0.15) is 0 Å². The lowest BCUT2D eigenvalue weighted by molar-refractivity contribution is -0.122. The van der Waals surface area contributed by atoms with Gasteiger partial charge in [-0.1, -0.05) is 6.42 Å². The first-order valence-corrected chi connectivity index (χ1v) is 7.50. The van der Waals surface area contributed by atoms with E-state index in [1.807, 2.05) is 33.3 Å². The summed E-state index contributed by atoms with van der Waals surface area (Å²) in [6.07, 6.45) is 7.90. The van der Waals surface area contributed by atoms with Gasteiger partial charge in [0, 0.05) is 30.7 Å². The van der Waals surface area contributed by atoms with E-state index in [-0.39, 0.29) is 11.4 Å². The molecule has 0 saturated carbocycles. The summed E-state index contributed by atoms with van der Waals surface area (Å²) in [5.74, 6) is 0.0914. The van der Waals surface area contributed by atoms with Crippen LogP contribution in [0.4, 0.5) is 0 Å².